The van der Waals surface area contributed by atoms with Gasteiger partial charge in [0.25, 0.3) is 0 Å². The molecule has 1 unspecified atom stereocenters. The molecule has 1 atom stereocenters. The van der Waals surface area contributed by atoms with Crippen LogP contribution in [0.25, 0.3) is 0 Å². The van der Waals surface area contributed by atoms with Crippen LogP contribution in [0.3, 0.4) is 0 Å². The smallest absolute Gasteiger partial charge is 0.123 e. The molecular formula is C16H14FNO. The molecule has 0 aliphatic carbocycles. The Bertz CT molecular complexity index is 631. The Balaban J connectivity index is 2.23. The van der Waals surface area contributed by atoms with Crippen molar-refractivity contribution >= 4 is 0 Å². The van der Waals surface area contributed by atoms with Crippen molar-refractivity contribution < 1.29 is 9.50 Å². The van der Waals surface area contributed by atoms with E-state index < -0.39 is 6.10 Å². The molecule has 0 amide bonds. The van der Waals surface area contributed by atoms with Gasteiger partial charge in [0.05, 0.1) is 17.7 Å². The third kappa shape index (κ3) is 3.18. The molecule has 3 heteroatoms. The molecule has 2 nitrogen and oxygen atoms in total. The molecular weight excluding hydrogens is 241 g/mol. The standard InChI is InChI=1S/C16H14FNO/c1-11-5-6-15(17)8-14(11)9-16(19)13-4-2-3-12(7-13)10-18/h2-8,16,19H,9H2,1H3. The highest BCUT2D eigenvalue weighted by atomic mass is 19.1. The molecule has 0 spiro atoms. The minimum Gasteiger partial charge on any atom is -0.388 e. The quantitative estimate of drug-likeness (QED) is 0.914. The predicted molar refractivity (Wildman–Crippen MR) is 71.0 cm³/mol. The van der Waals surface area contributed by atoms with Crippen molar-refractivity contribution in [1.29, 1.82) is 5.26 Å². The first-order chi connectivity index (χ1) is 9.10. The van der Waals surface area contributed by atoms with E-state index >= 15 is 0 Å². The Morgan fingerprint density at radius 3 is 2.79 bits per heavy atom. The highest BCUT2D eigenvalue weighted by Crippen LogP contribution is 2.21. The SMILES string of the molecule is Cc1ccc(F)cc1CC(O)c1cccc(C#N)c1. The van der Waals surface area contributed by atoms with E-state index in [1.807, 2.05) is 13.0 Å². The van der Waals surface area contributed by atoms with Crippen molar-refractivity contribution in [2.45, 2.75) is 19.4 Å². The maximum atomic E-state index is 13.2. The molecule has 0 saturated carbocycles. The summed E-state index contributed by atoms with van der Waals surface area (Å²) < 4.78 is 13.2. The lowest BCUT2D eigenvalue weighted by atomic mass is 9.97. The van der Waals surface area contributed by atoms with Gasteiger partial charge in [0, 0.05) is 6.42 Å². The van der Waals surface area contributed by atoms with Gasteiger partial charge in [0.2, 0.25) is 0 Å². The highest BCUT2D eigenvalue weighted by molar-refractivity contribution is 5.35. The fraction of sp³-hybridized carbons (Fsp3) is 0.188. The second-order valence-electron chi connectivity index (χ2n) is 4.53. The van der Waals surface area contributed by atoms with Crippen molar-refractivity contribution in [3.63, 3.8) is 0 Å². The van der Waals surface area contributed by atoms with Gasteiger partial charge in [0.15, 0.2) is 0 Å². The number of aliphatic hydroxyl groups excluding tert-OH is 1. The maximum absolute atomic E-state index is 13.2. The Hall–Kier alpha value is -2.18. The molecule has 2 rings (SSSR count). The number of nitrogens with zero attached hydrogens (tertiary/aromatic N) is 1. The highest BCUT2D eigenvalue weighted by Gasteiger charge is 2.11. The van der Waals surface area contributed by atoms with Crippen LogP contribution in [-0.4, -0.2) is 5.11 Å². The van der Waals surface area contributed by atoms with E-state index in [1.165, 1.54) is 12.1 Å². The minimum absolute atomic E-state index is 0.307. The van der Waals surface area contributed by atoms with Crippen molar-refractivity contribution in [2.75, 3.05) is 0 Å². The van der Waals surface area contributed by atoms with E-state index in [0.29, 0.717) is 17.5 Å². The number of aryl methyl sites for hydroxylation is 1. The lowest BCUT2D eigenvalue weighted by molar-refractivity contribution is 0.178. The molecule has 0 aromatic heterocycles. The van der Waals surface area contributed by atoms with Crippen LogP contribution in [0.1, 0.15) is 28.4 Å². The van der Waals surface area contributed by atoms with Gasteiger partial charge >= 0.3 is 0 Å². The molecule has 0 aliphatic heterocycles. The third-order valence-corrected chi connectivity index (χ3v) is 3.12. The molecule has 19 heavy (non-hydrogen) atoms. The average molecular weight is 255 g/mol. The number of rotatable bonds is 3. The first-order valence-electron chi connectivity index (χ1n) is 6.03. The topological polar surface area (TPSA) is 44.0 Å². The first kappa shape index (κ1) is 13.3. The summed E-state index contributed by atoms with van der Waals surface area (Å²) in [5.74, 6) is -0.307. The van der Waals surface area contributed by atoms with Gasteiger partial charge in [-0.15, -0.1) is 0 Å². The summed E-state index contributed by atoms with van der Waals surface area (Å²) in [5, 5.41) is 19.0. The number of nitriles is 1. The summed E-state index contributed by atoms with van der Waals surface area (Å²) in [4.78, 5) is 0. The van der Waals surface area contributed by atoms with Crippen LogP contribution in [-0.2, 0) is 6.42 Å². The summed E-state index contributed by atoms with van der Waals surface area (Å²) in [6, 6.07) is 13.4. The Morgan fingerprint density at radius 1 is 1.26 bits per heavy atom. The summed E-state index contributed by atoms with van der Waals surface area (Å²) >= 11 is 0. The molecule has 2 aromatic rings. The summed E-state index contributed by atoms with van der Waals surface area (Å²) in [6.45, 7) is 1.88. The number of halogens is 1. The average Bonchev–Trinajstić information content (AvgIpc) is 2.43. The van der Waals surface area contributed by atoms with Crippen LogP contribution in [0.2, 0.25) is 0 Å². The fourth-order valence-electron chi connectivity index (χ4n) is 2.00. The molecule has 0 bridgehead atoms. The van der Waals surface area contributed by atoms with Crippen LogP contribution in [0.4, 0.5) is 4.39 Å². The Labute approximate surface area is 111 Å². The minimum atomic E-state index is -0.742. The number of aliphatic hydroxyl groups is 1. The molecule has 0 heterocycles. The van der Waals surface area contributed by atoms with Crippen LogP contribution < -0.4 is 0 Å². The zero-order valence-corrected chi connectivity index (χ0v) is 10.6. The monoisotopic (exact) mass is 255 g/mol. The lowest BCUT2D eigenvalue weighted by Crippen LogP contribution is -2.04. The van der Waals surface area contributed by atoms with Gasteiger partial charge in [-0.2, -0.15) is 5.26 Å². The van der Waals surface area contributed by atoms with Crippen molar-refractivity contribution in [2.24, 2.45) is 0 Å². The van der Waals surface area contributed by atoms with Gasteiger partial charge in [-0.3, -0.25) is 0 Å². The largest absolute Gasteiger partial charge is 0.388 e. The summed E-state index contributed by atoms with van der Waals surface area (Å²) in [7, 11) is 0. The number of hydrogen-bond acceptors (Lipinski definition) is 2. The maximum Gasteiger partial charge on any atom is 0.123 e. The van der Waals surface area contributed by atoms with Crippen LogP contribution >= 0.6 is 0 Å². The lowest BCUT2D eigenvalue weighted by Gasteiger charge is -2.13. The van der Waals surface area contributed by atoms with Gasteiger partial charge < -0.3 is 5.11 Å². The zero-order chi connectivity index (χ0) is 13.8. The first-order valence-corrected chi connectivity index (χ1v) is 6.03. The van der Waals surface area contributed by atoms with Gasteiger partial charge in [0.1, 0.15) is 5.82 Å². The van der Waals surface area contributed by atoms with E-state index in [9.17, 15) is 9.50 Å². The molecule has 0 aliphatic rings. The van der Waals surface area contributed by atoms with E-state index in [0.717, 1.165) is 11.1 Å². The second-order valence-corrected chi connectivity index (χ2v) is 4.53. The van der Waals surface area contributed by atoms with Crippen molar-refractivity contribution in [3.05, 3.63) is 70.5 Å². The van der Waals surface area contributed by atoms with Crippen LogP contribution in [0.5, 0.6) is 0 Å². The van der Waals surface area contributed by atoms with Crippen molar-refractivity contribution in [3.8, 4) is 6.07 Å². The molecule has 96 valence electrons. The van der Waals surface area contributed by atoms with Gasteiger partial charge in [-0.25, -0.2) is 4.39 Å². The summed E-state index contributed by atoms with van der Waals surface area (Å²) in [6.07, 6.45) is -0.410. The fourth-order valence-corrected chi connectivity index (χ4v) is 2.00. The summed E-state index contributed by atoms with van der Waals surface area (Å²) in [5.41, 5.74) is 2.89. The predicted octanol–water partition coefficient (Wildman–Crippen LogP) is 3.28. The van der Waals surface area contributed by atoms with Crippen molar-refractivity contribution in [1.82, 2.24) is 0 Å². The van der Waals surface area contributed by atoms with Crippen LogP contribution in [0, 0.1) is 24.1 Å². The molecule has 0 saturated heterocycles. The van der Waals surface area contributed by atoms with Gasteiger partial charge in [-0.05, 0) is 47.9 Å². The normalized spacial score (nSPS) is 11.9. The number of benzene rings is 2. The Morgan fingerprint density at radius 2 is 2.05 bits per heavy atom. The van der Waals surface area contributed by atoms with Gasteiger partial charge in [-0.1, -0.05) is 18.2 Å². The molecule has 0 radical (unpaired) electrons. The van der Waals surface area contributed by atoms with Crippen LogP contribution in [0.15, 0.2) is 42.5 Å². The zero-order valence-electron chi connectivity index (χ0n) is 10.6. The molecule has 2 aromatic carbocycles. The second kappa shape index (κ2) is 5.64. The number of hydrogen-bond donors (Lipinski definition) is 1. The molecule has 0 fully saturated rings. The van der Waals surface area contributed by atoms with E-state index in [-0.39, 0.29) is 5.82 Å². The van der Waals surface area contributed by atoms with E-state index in [1.54, 1.807) is 30.3 Å². The molecule has 1 N–H and O–H groups in total. The third-order valence-electron chi connectivity index (χ3n) is 3.12. The Kier molecular flexibility index (Phi) is 3.94. The van der Waals surface area contributed by atoms with E-state index in [4.69, 9.17) is 5.26 Å². The van der Waals surface area contributed by atoms with E-state index in [2.05, 4.69) is 0 Å².